The van der Waals surface area contributed by atoms with Crippen molar-refractivity contribution in [3.05, 3.63) is 29.8 Å². The van der Waals surface area contributed by atoms with Gasteiger partial charge in [0.25, 0.3) is 0 Å². The lowest BCUT2D eigenvalue weighted by Gasteiger charge is -2.57. The molecule has 4 bridgehead atoms. The van der Waals surface area contributed by atoms with Crippen LogP contribution in [0, 0.1) is 29.6 Å². The third-order valence-electron chi connectivity index (χ3n) is 11.0. The number of rotatable bonds is 6. The first-order chi connectivity index (χ1) is 18.8. The molecule has 0 N–H and O–H groups in total. The van der Waals surface area contributed by atoms with Crippen LogP contribution in [-0.2, 0) is 14.5 Å². The van der Waals surface area contributed by atoms with Crippen molar-refractivity contribution in [2.75, 3.05) is 26.2 Å². The number of benzene rings is 1. The van der Waals surface area contributed by atoms with Crippen LogP contribution in [0.4, 0.5) is 13.2 Å². The van der Waals surface area contributed by atoms with Crippen LogP contribution >= 0.6 is 0 Å². The van der Waals surface area contributed by atoms with Gasteiger partial charge in [0, 0.05) is 31.2 Å². The maximum atomic E-state index is 12.8. The zero-order valence-electron chi connectivity index (χ0n) is 22.8. The molecule has 2 saturated heterocycles. The number of hydrogen-bond acceptors (Lipinski definition) is 5. The van der Waals surface area contributed by atoms with E-state index in [1.165, 1.54) is 37.7 Å². The number of halogens is 3. The number of likely N-dealkylation sites (tertiary alicyclic amines) is 1. The molecule has 0 aromatic heterocycles. The molecule has 2 spiro atoms. The van der Waals surface area contributed by atoms with Gasteiger partial charge in [-0.15, -0.1) is 0 Å². The fraction of sp³-hybridized carbons (Fsp3) is 0.806. The minimum absolute atomic E-state index is 0.210. The molecule has 0 radical (unpaired) electrons. The second kappa shape index (κ2) is 10.2. The highest BCUT2D eigenvalue weighted by molar-refractivity contribution is 5.30. The van der Waals surface area contributed by atoms with Crippen molar-refractivity contribution in [3.8, 4) is 5.75 Å². The molecule has 1 aromatic carbocycles. The fourth-order valence-corrected chi connectivity index (χ4v) is 8.98. The van der Waals surface area contributed by atoms with Crippen LogP contribution in [0.3, 0.4) is 0 Å². The summed E-state index contributed by atoms with van der Waals surface area (Å²) in [6.45, 7) is 2.40. The van der Waals surface area contributed by atoms with Gasteiger partial charge in [0.1, 0.15) is 5.75 Å². The molecule has 5 nitrogen and oxygen atoms in total. The monoisotopic (exact) mass is 549 g/mol. The van der Waals surface area contributed by atoms with E-state index in [-0.39, 0.29) is 12.8 Å². The lowest BCUT2D eigenvalue weighted by atomic mass is 9.53. The Balaban J connectivity index is 0.853. The van der Waals surface area contributed by atoms with Crippen molar-refractivity contribution < 1.29 is 32.4 Å². The zero-order chi connectivity index (χ0) is 26.7. The molecule has 7 aliphatic rings. The summed E-state index contributed by atoms with van der Waals surface area (Å²) >= 11 is 0. The summed E-state index contributed by atoms with van der Waals surface area (Å²) in [5.41, 5.74) is 1.33. The van der Waals surface area contributed by atoms with Crippen LogP contribution in [-0.4, -0.2) is 48.9 Å². The van der Waals surface area contributed by atoms with Crippen molar-refractivity contribution in [3.63, 3.8) is 0 Å². The summed E-state index contributed by atoms with van der Waals surface area (Å²) in [6, 6.07) is 8.44. The Bertz CT molecular complexity index is 970. The molecule has 5 saturated carbocycles. The summed E-state index contributed by atoms with van der Waals surface area (Å²) in [4.78, 5) is 14.4. The van der Waals surface area contributed by atoms with E-state index >= 15 is 0 Å². The quantitative estimate of drug-likeness (QED) is 0.277. The van der Waals surface area contributed by atoms with Crippen LogP contribution in [0.15, 0.2) is 24.3 Å². The number of piperidine rings is 1. The molecule has 0 atom stereocenters. The van der Waals surface area contributed by atoms with E-state index in [4.69, 9.17) is 19.2 Å². The van der Waals surface area contributed by atoms with Crippen LogP contribution < -0.4 is 4.74 Å². The highest BCUT2D eigenvalue weighted by Gasteiger charge is 2.66. The van der Waals surface area contributed by atoms with E-state index < -0.39 is 23.7 Å². The smallest absolute Gasteiger partial charge is 0.391 e. The van der Waals surface area contributed by atoms with Crippen molar-refractivity contribution >= 4 is 0 Å². The SMILES string of the molecule is FC(F)(F)C1CCN(CCCOc2ccc([C@H]3CC[C@]4(CC3)OO[C@]3(O4)C4CC5CC(C4)CC3C5)cc2)CC1. The maximum Gasteiger partial charge on any atom is 0.391 e. The predicted molar refractivity (Wildman–Crippen MR) is 139 cm³/mol. The predicted octanol–water partition coefficient (Wildman–Crippen LogP) is 7.21. The Hall–Kier alpha value is -1.35. The Labute approximate surface area is 229 Å². The number of alkyl halides is 3. The second-order valence-electron chi connectivity index (χ2n) is 13.4. The Kier molecular flexibility index (Phi) is 6.93. The van der Waals surface area contributed by atoms with Gasteiger partial charge in [0.15, 0.2) is 0 Å². The minimum Gasteiger partial charge on any atom is -0.494 e. The van der Waals surface area contributed by atoms with Crippen molar-refractivity contribution in [1.82, 2.24) is 4.90 Å². The topological polar surface area (TPSA) is 40.2 Å². The number of hydrogen-bond donors (Lipinski definition) is 0. The summed E-state index contributed by atoms with van der Waals surface area (Å²) < 4.78 is 51.3. The Morgan fingerprint density at radius 2 is 1.49 bits per heavy atom. The van der Waals surface area contributed by atoms with Crippen LogP contribution in [0.1, 0.15) is 88.5 Å². The Morgan fingerprint density at radius 1 is 0.846 bits per heavy atom. The van der Waals surface area contributed by atoms with Gasteiger partial charge in [-0.3, -0.25) is 0 Å². The van der Waals surface area contributed by atoms with Crippen molar-refractivity contribution in [2.24, 2.45) is 29.6 Å². The molecular formula is C31H42F3NO4. The third-order valence-corrected chi connectivity index (χ3v) is 11.0. The number of ether oxygens (including phenoxy) is 2. The van der Waals surface area contributed by atoms with Gasteiger partial charge in [-0.1, -0.05) is 12.1 Å². The summed E-state index contributed by atoms with van der Waals surface area (Å²) in [7, 11) is 0. The molecular weight excluding hydrogens is 507 g/mol. The summed E-state index contributed by atoms with van der Waals surface area (Å²) in [5, 5.41) is 0. The van der Waals surface area contributed by atoms with E-state index in [0.717, 1.165) is 56.2 Å². The fourth-order valence-electron chi connectivity index (χ4n) is 8.98. The summed E-state index contributed by atoms with van der Waals surface area (Å²) in [6.07, 6.45) is 7.32. The molecule has 8 rings (SSSR count). The molecule has 7 fully saturated rings. The van der Waals surface area contributed by atoms with E-state index in [1.54, 1.807) is 0 Å². The van der Waals surface area contributed by atoms with Gasteiger partial charge in [-0.25, -0.2) is 0 Å². The molecule has 2 aliphatic heterocycles. The van der Waals surface area contributed by atoms with Gasteiger partial charge in [-0.2, -0.15) is 22.9 Å². The number of nitrogens with zero attached hydrogens (tertiary/aromatic N) is 1. The van der Waals surface area contributed by atoms with Gasteiger partial charge < -0.3 is 14.4 Å². The summed E-state index contributed by atoms with van der Waals surface area (Å²) in [5.74, 6) is 1.87. The van der Waals surface area contributed by atoms with E-state index in [0.29, 0.717) is 37.5 Å². The third kappa shape index (κ3) is 5.13. The second-order valence-corrected chi connectivity index (χ2v) is 13.4. The van der Waals surface area contributed by atoms with Crippen LogP contribution in [0.25, 0.3) is 0 Å². The molecule has 8 heteroatoms. The average Bonchev–Trinajstić information content (AvgIpc) is 3.30. The molecule has 5 aliphatic carbocycles. The van der Waals surface area contributed by atoms with Gasteiger partial charge in [0.05, 0.1) is 12.5 Å². The molecule has 0 amide bonds. The van der Waals surface area contributed by atoms with Crippen molar-refractivity contribution in [2.45, 2.75) is 101 Å². The minimum atomic E-state index is -4.05. The lowest BCUT2D eigenvalue weighted by molar-refractivity contribution is -0.390. The first kappa shape index (κ1) is 26.5. The highest BCUT2D eigenvalue weighted by atomic mass is 19.4. The molecule has 2 heterocycles. The van der Waals surface area contributed by atoms with Gasteiger partial charge in [0.2, 0.25) is 11.6 Å². The normalized spacial score (nSPS) is 40.6. The van der Waals surface area contributed by atoms with Crippen molar-refractivity contribution in [1.29, 1.82) is 0 Å². The Morgan fingerprint density at radius 3 is 2.10 bits per heavy atom. The van der Waals surface area contributed by atoms with E-state index in [1.807, 2.05) is 12.1 Å². The molecule has 39 heavy (non-hydrogen) atoms. The molecule has 0 unspecified atom stereocenters. The molecule has 1 aromatic rings. The van der Waals surface area contributed by atoms with Gasteiger partial charge >= 0.3 is 6.18 Å². The average molecular weight is 550 g/mol. The van der Waals surface area contributed by atoms with E-state index in [9.17, 15) is 13.2 Å². The maximum absolute atomic E-state index is 12.8. The standard InChI is InChI=1S/C31H42F3NO4/c32-31(33,34)25-8-13-35(14-9-25)12-1-15-36-28-4-2-23(3-5-28)24-6-10-29(11-7-24)37-30(39-38-29)26-17-21-16-22(19-26)20-27(30)18-21/h2-5,21-22,24-27H,1,6-20H2/t21?,22?,24-,26?,27?,29+,30-. The van der Waals surface area contributed by atoms with Gasteiger partial charge in [-0.05, 0) is 113 Å². The highest BCUT2D eigenvalue weighted by Crippen LogP contribution is 2.64. The largest absolute Gasteiger partial charge is 0.494 e. The molecule has 216 valence electrons. The van der Waals surface area contributed by atoms with E-state index in [2.05, 4.69) is 17.0 Å². The zero-order valence-corrected chi connectivity index (χ0v) is 22.8. The van der Waals surface area contributed by atoms with Crippen LogP contribution in [0.2, 0.25) is 0 Å². The lowest BCUT2D eigenvalue weighted by Crippen LogP contribution is -2.59. The van der Waals surface area contributed by atoms with Crippen LogP contribution in [0.5, 0.6) is 5.75 Å². The first-order valence-corrected chi connectivity index (χ1v) is 15.4. The first-order valence-electron chi connectivity index (χ1n) is 15.4.